The Balaban J connectivity index is 2.00. The van der Waals surface area contributed by atoms with E-state index in [9.17, 15) is 9.59 Å². The normalized spacial score (nSPS) is 11.3. The first kappa shape index (κ1) is 22.2. The predicted octanol–water partition coefficient (Wildman–Crippen LogP) is 4.36. The maximum atomic E-state index is 13.0. The molecule has 0 fully saturated rings. The van der Waals surface area contributed by atoms with Crippen LogP contribution in [-0.4, -0.2) is 36.3 Å². The molecule has 0 N–H and O–H groups in total. The molecule has 0 unspecified atom stereocenters. The summed E-state index contributed by atoms with van der Waals surface area (Å²) >= 11 is 0. The summed E-state index contributed by atoms with van der Waals surface area (Å²) in [7, 11) is 3.06. The number of nitrogens with zero attached hydrogens (tertiary/aromatic N) is 1. The van der Waals surface area contributed by atoms with E-state index < -0.39 is 17.5 Å². The molecule has 31 heavy (non-hydrogen) atoms. The molecule has 0 amide bonds. The van der Waals surface area contributed by atoms with Crippen LogP contribution in [0.2, 0.25) is 0 Å². The van der Waals surface area contributed by atoms with Gasteiger partial charge in [-0.15, -0.1) is 0 Å². The van der Waals surface area contributed by atoms with Crippen molar-refractivity contribution in [3.63, 3.8) is 0 Å². The van der Waals surface area contributed by atoms with Gasteiger partial charge in [-0.3, -0.25) is 4.79 Å². The van der Waals surface area contributed by atoms with Gasteiger partial charge in [0.2, 0.25) is 0 Å². The van der Waals surface area contributed by atoms with Crippen LogP contribution in [0.4, 0.5) is 0 Å². The monoisotopic (exact) mass is 425 g/mol. The Labute approximate surface area is 181 Å². The SMILES string of the molecule is COc1ccc2c(cc(C(=O)OCc3ccccc3)n2CC(=O)OC(C)(C)C)c1OC. The van der Waals surface area contributed by atoms with Crippen LogP contribution in [0.3, 0.4) is 0 Å². The molecule has 1 aromatic heterocycles. The highest BCUT2D eigenvalue weighted by atomic mass is 16.6. The number of rotatable bonds is 7. The smallest absolute Gasteiger partial charge is 0.355 e. The van der Waals surface area contributed by atoms with Crippen LogP contribution in [0.1, 0.15) is 36.8 Å². The Bertz CT molecular complexity index is 1080. The van der Waals surface area contributed by atoms with Crippen molar-refractivity contribution in [1.29, 1.82) is 0 Å². The fourth-order valence-electron chi connectivity index (χ4n) is 3.30. The van der Waals surface area contributed by atoms with Crippen molar-refractivity contribution in [3.8, 4) is 11.5 Å². The standard InChI is InChI=1S/C24H27NO6/c1-24(2,3)31-21(26)14-25-18-11-12-20(28-4)22(29-5)17(18)13-19(25)23(27)30-15-16-9-7-6-8-10-16/h6-13H,14-15H2,1-5H3. The number of aromatic nitrogens is 1. The minimum atomic E-state index is -0.644. The molecule has 1 heterocycles. The van der Waals surface area contributed by atoms with E-state index in [1.165, 1.54) is 14.2 Å². The van der Waals surface area contributed by atoms with Gasteiger partial charge in [-0.25, -0.2) is 4.79 Å². The van der Waals surface area contributed by atoms with Crippen LogP contribution in [0, 0.1) is 0 Å². The highest BCUT2D eigenvalue weighted by Crippen LogP contribution is 2.37. The third kappa shape index (κ3) is 5.17. The molecule has 0 saturated heterocycles. The van der Waals surface area contributed by atoms with E-state index in [2.05, 4.69) is 0 Å². The van der Waals surface area contributed by atoms with Gasteiger partial charge >= 0.3 is 11.9 Å². The lowest BCUT2D eigenvalue weighted by molar-refractivity contribution is -0.155. The van der Waals surface area contributed by atoms with Crippen LogP contribution in [-0.2, 0) is 27.4 Å². The average Bonchev–Trinajstić information content (AvgIpc) is 3.09. The van der Waals surface area contributed by atoms with Crippen molar-refractivity contribution < 1.29 is 28.5 Å². The largest absolute Gasteiger partial charge is 0.493 e. The van der Waals surface area contributed by atoms with Crippen molar-refractivity contribution in [2.24, 2.45) is 0 Å². The van der Waals surface area contributed by atoms with E-state index >= 15 is 0 Å². The molecule has 164 valence electrons. The van der Waals surface area contributed by atoms with Crippen molar-refractivity contribution in [3.05, 3.63) is 59.8 Å². The summed E-state index contributed by atoms with van der Waals surface area (Å²) in [4.78, 5) is 25.5. The van der Waals surface area contributed by atoms with E-state index in [1.54, 1.807) is 43.5 Å². The van der Waals surface area contributed by atoms with Crippen LogP contribution < -0.4 is 9.47 Å². The third-order valence-electron chi connectivity index (χ3n) is 4.55. The first-order valence-corrected chi connectivity index (χ1v) is 9.90. The first-order valence-electron chi connectivity index (χ1n) is 9.90. The Hall–Kier alpha value is -3.48. The second kappa shape index (κ2) is 9.12. The summed E-state index contributed by atoms with van der Waals surface area (Å²) < 4.78 is 23.4. The quantitative estimate of drug-likeness (QED) is 0.524. The van der Waals surface area contributed by atoms with E-state index in [-0.39, 0.29) is 18.8 Å². The number of ether oxygens (including phenoxy) is 4. The molecule has 0 atom stereocenters. The number of carbonyl (C=O) groups is 2. The number of hydrogen-bond donors (Lipinski definition) is 0. The summed E-state index contributed by atoms with van der Waals surface area (Å²) in [6.07, 6.45) is 0. The number of carbonyl (C=O) groups excluding carboxylic acids is 2. The number of hydrogen-bond acceptors (Lipinski definition) is 6. The highest BCUT2D eigenvalue weighted by Gasteiger charge is 2.24. The van der Waals surface area contributed by atoms with Gasteiger partial charge in [0.25, 0.3) is 0 Å². The van der Waals surface area contributed by atoms with Crippen molar-refractivity contribution in [2.45, 2.75) is 39.5 Å². The molecule has 0 aliphatic carbocycles. The van der Waals surface area contributed by atoms with Gasteiger partial charge in [0.05, 0.1) is 19.7 Å². The number of fused-ring (bicyclic) bond motifs is 1. The molecule has 2 aromatic carbocycles. The molecule has 0 radical (unpaired) electrons. The summed E-state index contributed by atoms with van der Waals surface area (Å²) in [5.74, 6) is -0.0183. The molecular weight excluding hydrogens is 398 g/mol. The minimum absolute atomic E-state index is 0.119. The zero-order chi connectivity index (χ0) is 22.6. The topological polar surface area (TPSA) is 76.0 Å². The van der Waals surface area contributed by atoms with Gasteiger partial charge in [-0.05, 0) is 44.5 Å². The van der Waals surface area contributed by atoms with Gasteiger partial charge in [0.15, 0.2) is 11.5 Å². The Morgan fingerprint density at radius 1 is 0.968 bits per heavy atom. The van der Waals surface area contributed by atoms with E-state index in [0.717, 1.165) is 5.56 Å². The van der Waals surface area contributed by atoms with Crippen molar-refractivity contribution >= 4 is 22.8 Å². The Morgan fingerprint density at radius 3 is 2.29 bits per heavy atom. The molecule has 7 heteroatoms. The molecule has 7 nitrogen and oxygen atoms in total. The average molecular weight is 425 g/mol. The number of esters is 2. The molecule has 0 spiro atoms. The van der Waals surface area contributed by atoms with E-state index in [4.69, 9.17) is 18.9 Å². The van der Waals surface area contributed by atoms with Crippen LogP contribution in [0.15, 0.2) is 48.5 Å². The molecule has 0 bridgehead atoms. The zero-order valence-corrected chi connectivity index (χ0v) is 18.4. The second-order valence-electron chi connectivity index (χ2n) is 8.00. The van der Waals surface area contributed by atoms with Crippen LogP contribution in [0.25, 0.3) is 10.9 Å². The molecule has 3 rings (SSSR count). The van der Waals surface area contributed by atoms with Crippen molar-refractivity contribution in [1.82, 2.24) is 4.57 Å². The maximum Gasteiger partial charge on any atom is 0.355 e. The molecular formula is C24H27NO6. The highest BCUT2D eigenvalue weighted by molar-refractivity contribution is 5.99. The molecule has 3 aromatic rings. The zero-order valence-electron chi connectivity index (χ0n) is 18.4. The molecule has 0 aliphatic heterocycles. The number of methoxy groups -OCH3 is 2. The molecule has 0 saturated carbocycles. The predicted molar refractivity (Wildman–Crippen MR) is 116 cm³/mol. The summed E-state index contributed by atoms with van der Waals surface area (Å²) in [5, 5.41) is 0.636. The van der Waals surface area contributed by atoms with Gasteiger partial charge in [0, 0.05) is 5.39 Å². The van der Waals surface area contributed by atoms with E-state index in [1.807, 2.05) is 30.3 Å². The number of benzene rings is 2. The minimum Gasteiger partial charge on any atom is -0.493 e. The lowest BCUT2D eigenvalue weighted by Crippen LogP contribution is -2.27. The summed E-state index contributed by atoms with van der Waals surface area (Å²) in [6.45, 7) is 5.35. The maximum absolute atomic E-state index is 13.0. The van der Waals surface area contributed by atoms with Crippen molar-refractivity contribution in [2.75, 3.05) is 14.2 Å². The second-order valence-corrected chi connectivity index (χ2v) is 8.00. The first-order chi connectivity index (χ1) is 14.7. The van der Waals surface area contributed by atoms with Crippen LogP contribution >= 0.6 is 0 Å². The Kier molecular flexibility index (Phi) is 6.53. The third-order valence-corrected chi connectivity index (χ3v) is 4.55. The molecule has 0 aliphatic rings. The lowest BCUT2D eigenvalue weighted by Gasteiger charge is -2.20. The van der Waals surface area contributed by atoms with Gasteiger partial charge in [0.1, 0.15) is 24.4 Å². The fourth-order valence-corrected chi connectivity index (χ4v) is 3.30. The Morgan fingerprint density at radius 2 is 1.68 bits per heavy atom. The van der Waals surface area contributed by atoms with Gasteiger partial charge < -0.3 is 23.5 Å². The van der Waals surface area contributed by atoms with Gasteiger partial charge in [-0.1, -0.05) is 30.3 Å². The fraction of sp³-hybridized carbons (Fsp3) is 0.333. The summed E-state index contributed by atoms with van der Waals surface area (Å²) in [5.41, 5.74) is 1.08. The van der Waals surface area contributed by atoms with Crippen LogP contribution in [0.5, 0.6) is 11.5 Å². The van der Waals surface area contributed by atoms with Gasteiger partial charge in [-0.2, -0.15) is 0 Å². The van der Waals surface area contributed by atoms with E-state index in [0.29, 0.717) is 22.4 Å². The summed E-state index contributed by atoms with van der Waals surface area (Å²) in [6, 6.07) is 14.5. The lowest BCUT2D eigenvalue weighted by atomic mass is 10.2.